The van der Waals surface area contributed by atoms with Crippen molar-refractivity contribution in [3.8, 4) is 0 Å². The third kappa shape index (κ3) is 3.50. The Morgan fingerprint density at radius 3 is 2.61 bits per heavy atom. The summed E-state index contributed by atoms with van der Waals surface area (Å²) in [4.78, 5) is 13.0. The van der Waals surface area contributed by atoms with Gasteiger partial charge in [0.1, 0.15) is 12.0 Å². The predicted octanol–water partition coefficient (Wildman–Crippen LogP) is 3.93. The number of hydrogen-bond donors (Lipinski definition) is 3. The van der Waals surface area contributed by atoms with E-state index in [9.17, 15) is 0 Å². The SMILES string of the molecule is Cc1ccc2nc(Nc3ncnc(NC(C)(C)C)c3N)sc2c1. The highest BCUT2D eigenvalue weighted by molar-refractivity contribution is 7.22. The van der Waals surface area contributed by atoms with Crippen molar-refractivity contribution in [1.82, 2.24) is 15.0 Å². The maximum Gasteiger partial charge on any atom is 0.189 e. The van der Waals surface area contributed by atoms with Crippen molar-refractivity contribution in [2.24, 2.45) is 0 Å². The number of anilines is 4. The fraction of sp³-hybridized carbons (Fsp3) is 0.312. The first kappa shape index (κ1) is 15.5. The van der Waals surface area contributed by atoms with Crippen LogP contribution in [0.2, 0.25) is 0 Å². The molecule has 0 amide bonds. The number of thiazole rings is 1. The molecule has 0 spiro atoms. The van der Waals surface area contributed by atoms with Crippen LogP contribution in [0.1, 0.15) is 26.3 Å². The molecule has 0 aliphatic heterocycles. The Hall–Kier alpha value is -2.41. The number of rotatable bonds is 3. The van der Waals surface area contributed by atoms with Crippen LogP contribution >= 0.6 is 11.3 Å². The molecular weight excluding hydrogens is 308 g/mol. The fourth-order valence-electron chi connectivity index (χ4n) is 2.14. The lowest BCUT2D eigenvalue weighted by molar-refractivity contribution is 0.630. The Labute approximate surface area is 139 Å². The Balaban J connectivity index is 1.91. The highest BCUT2D eigenvalue weighted by Crippen LogP contribution is 2.32. The average molecular weight is 328 g/mol. The normalized spacial score (nSPS) is 11.7. The number of nitrogens with one attached hydrogen (secondary N) is 2. The van der Waals surface area contributed by atoms with Gasteiger partial charge in [-0.15, -0.1) is 0 Å². The highest BCUT2D eigenvalue weighted by atomic mass is 32.1. The molecule has 6 nitrogen and oxygen atoms in total. The summed E-state index contributed by atoms with van der Waals surface area (Å²) in [5, 5.41) is 7.24. The van der Waals surface area contributed by atoms with E-state index in [1.807, 2.05) is 6.07 Å². The summed E-state index contributed by atoms with van der Waals surface area (Å²) in [5.74, 6) is 1.18. The van der Waals surface area contributed by atoms with Gasteiger partial charge in [0.25, 0.3) is 0 Å². The predicted molar refractivity (Wildman–Crippen MR) is 97.5 cm³/mol. The third-order valence-corrected chi connectivity index (χ3v) is 4.08. The van der Waals surface area contributed by atoms with E-state index < -0.39 is 0 Å². The van der Waals surface area contributed by atoms with Gasteiger partial charge in [-0.1, -0.05) is 17.4 Å². The van der Waals surface area contributed by atoms with Gasteiger partial charge in [0.15, 0.2) is 16.8 Å². The number of hydrogen-bond acceptors (Lipinski definition) is 7. The highest BCUT2D eigenvalue weighted by Gasteiger charge is 2.16. The van der Waals surface area contributed by atoms with Crippen LogP contribution in [0.5, 0.6) is 0 Å². The summed E-state index contributed by atoms with van der Waals surface area (Å²) < 4.78 is 1.13. The summed E-state index contributed by atoms with van der Waals surface area (Å²) in [6.45, 7) is 8.23. The van der Waals surface area contributed by atoms with Gasteiger partial charge in [-0.05, 0) is 45.4 Å². The molecule has 120 valence electrons. The number of nitrogens with zero attached hydrogens (tertiary/aromatic N) is 3. The number of nitrogen functional groups attached to an aromatic ring is 1. The first-order valence-electron chi connectivity index (χ1n) is 7.35. The Kier molecular flexibility index (Phi) is 3.81. The summed E-state index contributed by atoms with van der Waals surface area (Å²) in [6, 6.07) is 6.19. The number of benzene rings is 1. The second-order valence-corrected chi connectivity index (χ2v) is 7.51. The summed E-state index contributed by atoms with van der Waals surface area (Å²) in [7, 11) is 0. The minimum Gasteiger partial charge on any atom is -0.393 e. The molecule has 0 aliphatic carbocycles. The zero-order valence-electron chi connectivity index (χ0n) is 13.6. The van der Waals surface area contributed by atoms with Gasteiger partial charge in [0, 0.05) is 5.54 Å². The molecular formula is C16H20N6S. The van der Waals surface area contributed by atoms with Crippen LogP contribution in [0.3, 0.4) is 0 Å². The third-order valence-electron chi connectivity index (χ3n) is 3.15. The van der Waals surface area contributed by atoms with Crippen molar-refractivity contribution in [3.63, 3.8) is 0 Å². The van der Waals surface area contributed by atoms with Crippen molar-refractivity contribution in [2.75, 3.05) is 16.4 Å². The Bertz CT molecular complexity index is 849. The van der Waals surface area contributed by atoms with Gasteiger partial charge in [0.05, 0.1) is 10.2 Å². The van der Waals surface area contributed by atoms with Crippen LogP contribution in [0.25, 0.3) is 10.2 Å². The smallest absolute Gasteiger partial charge is 0.189 e. The van der Waals surface area contributed by atoms with Gasteiger partial charge < -0.3 is 16.4 Å². The topological polar surface area (TPSA) is 88.8 Å². The lowest BCUT2D eigenvalue weighted by Gasteiger charge is -2.22. The molecule has 2 heterocycles. The van der Waals surface area contributed by atoms with E-state index in [1.165, 1.54) is 11.9 Å². The minimum absolute atomic E-state index is 0.132. The monoisotopic (exact) mass is 328 g/mol. The van der Waals surface area contributed by atoms with Crippen LogP contribution in [0.15, 0.2) is 24.5 Å². The van der Waals surface area contributed by atoms with E-state index >= 15 is 0 Å². The zero-order chi connectivity index (χ0) is 16.6. The van der Waals surface area contributed by atoms with Gasteiger partial charge in [-0.3, -0.25) is 0 Å². The molecule has 0 bridgehead atoms. The van der Waals surface area contributed by atoms with Gasteiger partial charge >= 0.3 is 0 Å². The summed E-state index contributed by atoms with van der Waals surface area (Å²) in [6.07, 6.45) is 1.49. The van der Waals surface area contributed by atoms with Crippen molar-refractivity contribution in [2.45, 2.75) is 33.2 Å². The number of aromatic nitrogens is 3. The van der Waals surface area contributed by atoms with E-state index in [-0.39, 0.29) is 5.54 Å². The van der Waals surface area contributed by atoms with E-state index in [4.69, 9.17) is 5.73 Å². The molecule has 1 aromatic carbocycles. The molecule has 0 unspecified atom stereocenters. The molecule has 0 radical (unpaired) electrons. The molecule has 4 N–H and O–H groups in total. The van der Waals surface area contributed by atoms with Gasteiger partial charge in [0.2, 0.25) is 0 Å². The lowest BCUT2D eigenvalue weighted by atomic mass is 10.1. The van der Waals surface area contributed by atoms with Crippen LogP contribution in [-0.2, 0) is 0 Å². The minimum atomic E-state index is -0.132. The molecule has 7 heteroatoms. The van der Waals surface area contributed by atoms with Crippen LogP contribution in [0, 0.1) is 6.92 Å². The van der Waals surface area contributed by atoms with Crippen molar-refractivity contribution >= 4 is 44.0 Å². The first-order chi connectivity index (χ1) is 10.8. The Morgan fingerprint density at radius 2 is 1.87 bits per heavy atom. The quantitative estimate of drug-likeness (QED) is 0.675. The van der Waals surface area contributed by atoms with Crippen LogP contribution in [-0.4, -0.2) is 20.5 Å². The number of aryl methyl sites for hydroxylation is 1. The van der Waals surface area contributed by atoms with Crippen molar-refractivity contribution < 1.29 is 0 Å². The lowest BCUT2D eigenvalue weighted by Crippen LogP contribution is -2.27. The van der Waals surface area contributed by atoms with E-state index in [0.717, 1.165) is 15.3 Å². The van der Waals surface area contributed by atoms with E-state index in [1.54, 1.807) is 11.3 Å². The molecule has 0 atom stereocenters. The van der Waals surface area contributed by atoms with Crippen molar-refractivity contribution in [3.05, 3.63) is 30.1 Å². The molecule has 0 fully saturated rings. The molecule has 23 heavy (non-hydrogen) atoms. The fourth-order valence-corrected chi connectivity index (χ4v) is 3.10. The molecule has 3 aromatic rings. The summed E-state index contributed by atoms with van der Waals surface area (Å²) in [5.41, 5.74) is 8.71. The maximum absolute atomic E-state index is 6.18. The average Bonchev–Trinajstić information content (AvgIpc) is 2.83. The second-order valence-electron chi connectivity index (χ2n) is 6.47. The maximum atomic E-state index is 6.18. The number of fused-ring (bicyclic) bond motifs is 1. The largest absolute Gasteiger partial charge is 0.393 e. The van der Waals surface area contributed by atoms with E-state index in [2.05, 4.69) is 65.4 Å². The van der Waals surface area contributed by atoms with E-state index in [0.29, 0.717) is 17.3 Å². The molecule has 0 saturated carbocycles. The van der Waals surface area contributed by atoms with Crippen LogP contribution in [0.4, 0.5) is 22.5 Å². The first-order valence-corrected chi connectivity index (χ1v) is 8.16. The molecule has 3 rings (SSSR count). The van der Waals surface area contributed by atoms with Crippen LogP contribution < -0.4 is 16.4 Å². The molecule has 2 aromatic heterocycles. The van der Waals surface area contributed by atoms with Gasteiger partial charge in [-0.2, -0.15) is 0 Å². The standard InChI is InChI=1S/C16H20N6S/c1-9-5-6-10-11(7-9)23-15(20-10)21-13-12(17)14(19-8-18-13)22-16(2,3)4/h5-8H,17H2,1-4H3,(H2,18,19,20,21,22). The van der Waals surface area contributed by atoms with Gasteiger partial charge in [-0.25, -0.2) is 15.0 Å². The second kappa shape index (κ2) is 5.66. The molecule has 0 saturated heterocycles. The Morgan fingerprint density at radius 1 is 1.13 bits per heavy atom. The summed E-state index contributed by atoms with van der Waals surface area (Å²) >= 11 is 1.58. The zero-order valence-corrected chi connectivity index (χ0v) is 14.5. The van der Waals surface area contributed by atoms with Crippen molar-refractivity contribution in [1.29, 1.82) is 0 Å². The number of nitrogens with two attached hydrogens (primary N) is 1. The molecule has 0 aliphatic rings.